The Labute approximate surface area is 159 Å². The van der Waals surface area contributed by atoms with Crippen molar-refractivity contribution in [2.75, 3.05) is 0 Å². The van der Waals surface area contributed by atoms with E-state index in [9.17, 15) is 0 Å². The monoisotopic (exact) mass is 354 g/mol. The van der Waals surface area contributed by atoms with E-state index in [4.69, 9.17) is 4.52 Å². The van der Waals surface area contributed by atoms with E-state index in [1.165, 1.54) is 5.56 Å². The van der Waals surface area contributed by atoms with Crippen LogP contribution < -0.4 is 0 Å². The first kappa shape index (κ1) is 17.2. The molecule has 0 bridgehead atoms. The van der Waals surface area contributed by atoms with Crippen molar-refractivity contribution in [3.63, 3.8) is 0 Å². The number of rotatable bonds is 6. The lowest BCUT2D eigenvalue weighted by Crippen LogP contribution is -1.93. The summed E-state index contributed by atoms with van der Waals surface area (Å²) in [4.78, 5) is 0. The van der Waals surface area contributed by atoms with Gasteiger partial charge in [0, 0.05) is 16.4 Å². The Bertz CT molecular complexity index is 1020. The fourth-order valence-electron chi connectivity index (χ4n) is 3.43. The molecule has 0 amide bonds. The molecule has 0 saturated carbocycles. The highest BCUT2D eigenvalue weighted by atomic mass is 16.5. The van der Waals surface area contributed by atoms with Crippen molar-refractivity contribution < 1.29 is 4.52 Å². The van der Waals surface area contributed by atoms with Crippen molar-refractivity contribution in [1.82, 2.24) is 10.4 Å². The largest absolute Gasteiger partial charge is 0.336 e. The van der Waals surface area contributed by atoms with Gasteiger partial charge < -0.3 is 4.52 Å². The maximum absolute atomic E-state index is 5.67. The van der Waals surface area contributed by atoms with E-state index in [2.05, 4.69) is 59.8 Å². The van der Waals surface area contributed by atoms with Gasteiger partial charge in [0.1, 0.15) is 5.69 Å². The molecule has 0 aliphatic rings. The summed E-state index contributed by atoms with van der Waals surface area (Å²) in [6.07, 6.45) is 3.34. The van der Waals surface area contributed by atoms with Gasteiger partial charge in [0.05, 0.1) is 0 Å². The average molecular weight is 354 g/mol. The van der Waals surface area contributed by atoms with Gasteiger partial charge in [-0.1, -0.05) is 92.2 Å². The lowest BCUT2D eigenvalue weighted by atomic mass is 9.94. The summed E-state index contributed by atoms with van der Waals surface area (Å²) in [6, 6.07) is 27.0. The molecule has 0 atom stereocenters. The van der Waals surface area contributed by atoms with E-state index < -0.39 is 0 Å². The normalized spacial score (nSPS) is 10.9. The number of hydrogen-bond acceptors (Lipinski definition) is 3. The number of unbranched alkanes of at least 4 members (excludes halogenated alkanes) is 1. The predicted molar refractivity (Wildman–Crippen MR) is 109 cm³/mol. The van der Waals surface area contributed by atoms with Crippen LogP contribution in [0.4, 0.5) is 0 Å². The minimum atomic E-state index is 0.721. The molecule has 4 aromatic rings. The minimum Gasteiger partial charge on any atom is -0.336 e. The first-order chi connectivity index (χ1) is 13.4. The van der Waals surface area contributed by atoms with Crippen LogP contribution in [0.1, 0.15) is 25.3 Å². The van der Waals surface area contributed by atoms with E-state index in [0.717, 1.165) is 53.0 Å². The van der Waals surface area contributed by atoms with Gasteiger partial charge in [0.15, 0.2) is 5.76 Å². The third-order valence-corrected chi connectivity index (χ3v) is 4.82. The maximum Gasteiger partial charge on any atom is 0.195 e. The van der Waals surface area contributed by atoms with E-state index >= 15 is 0 Å². The third kappa shape index (κ3) is 3.54. The highest BCUT2D eigenvalue weighted by Crippen LogP contribution is 2.38. The van der Waals surface area contributed by atoms with Crippen molar-refractivity contribution in [3.05, 3.63) is 84.4 Å². The minimum absolute atomic E-state index is 0.721. The van der Waals surface area contributed by atoms with E-state index in [0.29, 0.717) is 0 Å². The van der Waals surface area contributed by atoms with Crippen LogP contribution in [0.15, 0.2) is 83.4 Å². The molecule has 0 spiro atoms. The molecule has 0 aliphatic heterocycles. The Hall–Kier alpha value is -3.20. The second-order valence-corrected chi connectivity index (χ2v) is 6.62. The average Bonchev–Trinajstić information content (AvgIpc) is 3.22. The quantitative estimate of drug-likeness (QED) is 0.401. The molecule has 4 rings (SSSR count). The van der Waals surface area contributed by atoms with Gasteiger partial charge in [0.2, 0.25) is 0 Å². The molecule has 3 heteroatoms. The molecule has 1 heterocycles. The van der Waals surface area contributed by atoms with Crippen molar-refractivity contribution in [1.29, 1.82) is 0 Å². The van der Waals surface area contributed by atoms with Crippen LogP contribution in [0.25, 0.3) is 33.7 Å². The van der Waals surface area contributed by atoms with Crippen LogP contribution in [0.5, 0.6) is 0 Å². The van der Waals surface area contributed by atoms with Crippen molar-refractivity contribution >= 4 is 0 Å². The summed E-state index contributed by atoms with van der Waals surface area (Å²) in [5.74, 6) is 0.721. The van der Waals surface area contributed by atoms with E-state index in [-0.39, 0.29) is 0 Å². The lowest BCUT2D eigenvalue weighted by molar-refractivity contribution is 0.404. The van der Waals surface area contributed by atoms with Crippen LogP contribution in [0, 0.1) is 0 Å². The fourth-order valence-corrected chi connectivity index (χ4v) is 3.43. The molecule has 0 unspecified atom stereocenters. The van der Waals surface area contributed by atoms with Gasteiger partial charge in [0.25, 0.3) is 0 Å². The predicted octanol–water partition coefficient (Wildman–Crippen LogP) is 6.41. The molecule has 0 N–H and O–H groups in total. The smallest absolute Gasteiger partial charge is 0.195 e. The first-order valence-electron chi connectivity index (χ1n) is 9.44. The Morgan fingerprint density at radius 3 is 2.19 bits per heavy atom. The van der Waals surface area contributed by atoms with Crippen LogP contribution in [-0.2, 0) is 6.42 Å². The van der Waals surface area contributed by atoms with Crippen molar-refractivity contribution in [2.45, 2.75) is 26.2 Å². The van der Waals surface area contributed by atoms with Gasteiger partial charge in [-0.15, -0.1) is 5.10 Å². The number of nitrogens with zero attached hydrogens (tertiary/aromatic N) is 2. The zero-order valence-electron chi connectivity index (χ0n) is 15.4. The summed E-state index contributed by atoms with van der Waals surface area (Å²) in [5.41, 5.74) is 6.47. The third-order valence-electron chi connectivity index (χ3n) is 4.82. The number of aromatic nitrogens is 2. The van der Waals surface area contributed by atoms with Gasteiger partial charge >= 0.3 is 0 Å². The topological polar surface area (TPSA) is 38.9 Å². The second-order valence-electron chi connectivity index (χ2n) is 6.62. The molecule has 0 saturated heterocycles. The summed E-state index contributed by atoms with van der Waals surface area (Å²) in [6.45, 7) is 2.21. The van der Waals surface area contributed by atoms with Crippen molar-refractivity contribution in [2.24, 2.45) is 0 Å². The Morgan fingerprint density at radius 2 is 1.41 bits per heavy atom. The van der Waals surface area contributed by atoms with Gasteiger partial charge in [-0.2, -0.15) is 0 Å². The molecular weight excluding hydrogens is 332 g/mol. The van der Waals surface area contributed by atoms with Crippen molar-refractivity contribution in [3.8, 4) is 33.7 Å². The highest BCUT2D eigenvalue weighted by molar-refractivity contribution is 5.87. The molecular formula is C24H22N2O. The van der Waals surface area contributed by atoms with Gasteiger partial charge in [-0.3, -0.25) is 0 Å². The van der Waals surface area contributed by atoms with Crippen LogP contribution >= 0.6 is 0 Å². The zero-order valence-corrected chi connectivity index (χ0v) is 15.4. The summed E-state index contributed by atoms with van der Waals surface area (Å²) < 4.78 is 5.67. The van der Waals surface area contributed by atoms with E-state index in [1.54, 1.807) is 0 Å². The van der Waals surface area contributed by atoms with Gasteiger partial charge in [-0.25, -0.2) is 0 Å². The highest BCUT2D eigenvalue weighted by Gasteiger charge is 2.20. The summed E-state index contributed by atoms with van der Waals surface area (Å²) >= 11 is 0. The fraction of sp³-hybridized carbons (Fsp3) is 0.167. The lowest BCUT2D eigenvalue weighted by Gasteiger charge is -2.10. The number of aryl methyl sites for hydroxylation is 1. The maximum atomic E-state index is 5.67. The van der Waals surface area contributed by atoms with Crippen LogP contribution in [-0.4, -0.2) is 10.4 Å². The molecule has 0 aliphatic carbocycles. The number of hydrogen-bond donors (Lipinski definition) is 0. The first-order valence-corrected chi connectivity index (χ1v) is 9.44. The molecule has 0 radical (unpaired) electrons. The van der Waals surface area contributed by atoms with Crippen LogP contribution in [0.3, 0.4) is 0 Å². The number of benzene rings is 3. The van der Waals surface area contributed by atoms with Gasteiger partial charge in [-0.05, 0) is 29.5 Å². The summed E-state index contributed by atoms with van der Waals surface area (Å²) in [5, 5.41) is 8.26. The summed E-state index contributed by atoms with van der Waals surface area (Å²) in [7, 11) is 0. The SMILES string of the molecule is CCCCc1ccccc1-c1nnoc1-c1ccccc1-c1ccccc1. The molecule has 3 aromatic carbocycles. The molecule has 0 fully saturated rings. The molecule has 3 nitrogen and oxygen atoms in total. The Kier molecular flexibility index (Phi) is 5.10. The Morgan fingerprint density at radius 1 is 0.741 bits per heavy atom. The van der Waals surface area contributed by atoms with Crippen LogP contribution in [0.2, 0.25) is 0 Å². The zero-order chi connectivity index (χ0) is 18.5. The Balaban J connectivity index is 1.84. The molecule has 1 aromatic heterocycles. The molecule has 27 heavy (non-hydrogen) atoms. The van der Waals surface area contributed by atoms with E-state index in [1.807, 2.05) is 36.4 Å². The standard InChI is InChI=1S/C24H22N2O/c1-2-3-11-19-14-7-8-16-21(19)23-24(27-26-25-23)22-17-10-9-15-20(22)18-12-5-4-6-13-18/h4-10,12-17H,2-3,11H2,1H3. The molecule has 134 valence electrons. The second kappa shape index (κ2) is 8.00.